The number of ether oxygens (including phenoxy) is 1. The molecule has 2 aromatic rings. The molecule has 3 rings (SSSR count). The van der Waals surface area contributed by atoms with Gasteiger partial charge in [0.25, 0.3) is 0 Å². The van der Waals surface area contributed by atoms with E-state index in [1.54, 1.807) is 11.8 Å². The fourth-order valence-corrected chi connectivity index (χ4v) is 4.08. The third-order valence-corrected chi connectivity index (χ3v) is 5.28. The van der Waals surface area contributed by atoms with Gasteiger partial charge < -0.3 is 10.5 Å². The SMILES string of the molecule is COc1c(Br)c2c(c(C)c1-c1cnn(C)c1N)CCCC2. The Balaban J connectivity index is 2.34. The van der Waals surface area contributed by atoms with Crippen LogP contribution in [0.3, 0.4) is 0 Å². The van der Waals surface area contributed by atoms with E-state index in [0.717, 1.165) is 34.2 Å². The summed E-state index contributed by atoms with van der Waals surface area (Å²) in [5.74, 6) is 1.53. The minimum Gasteiger partial charge on any atom is -0.495 e. The topological polar surface area (TPSA) is 53.1 Å². The Morgan fingerprint density at radius 3 is 2.52 bits per heavy atom. The zero-order valence-corrected chi connectivity index (χ0v) is 14.2. The number of halogens is 1. The quantitative estimate of drug-likeness (QED) is 0.900. The van der Waals surface area contributed by atoms with Gasteiger partial charge >= 0.3 is 0 Å². The number of aromatic nitrogens is 2. The van der Waals surface area contributed by atoms with Gasteiger partial charge in [-0.25, -0.2) is 0 Å². The minimum absolute atomic E-state index is 0.666. The van der Waals surface area contributed by atoms with Gasteiger partial charge in [0, 0.05) is 18.2 Å². The van der Waals surface area contributed by atoms with Crippen molar-refractivity contribution in [2.45, 2.75) is 32.6 Å². The molecule has 21 heavy (non-hydrogen) atoms. The van der Waals surface area contributed by atoms with Crippen LogP contribution in [0.5, 0.6) is 5.75 Å². The van der Waals surface area contributed by atoms with Crippen LogP contribution in [0.4, 0.5) is 5.82 Å². The van der Waals surface area contributed by atoms with Crippen LogP contribution in [0, 0.1) is 6.92 Å². The van der Waals surface area contributed by atoms with Crippen molar-refractivity contribution in [3.8, 4) is 16.9 Å². The number of aryl methyl sites for hydroxylation is 1. The number of anilines is 1. The number of fused-ring (bicyclic) bond motifs is 1. The maximum Gasteiger partial charge on any atom is 0.141 e. The average Bonchev–Trinajstić information content (AvgIpc) is 2.82. The fourth-order valence-electron chi connectivity index (χ4n) is 3.28. The third-order valence-electron chi connectivity index (χ3n) is 4.44. The van der Waals surface area contributed by atoms with Crippen molar-refractivity contribution >= 4 is 21.7 Å². The van der Waals surface area contributed by atoms with E-state index in [0.29, 0.717) is 5.82 Å². The second-order valence-corrected chi connectivity index (χ2v) is 6.37. The molecule has 5 heteroatoms. The Morgan fingerprint density at radius 1 is 1.29 bits per heavy atom. The first kappa shape index (κ1) is 14.4. The predicted molar refractivity (Wildman–Crippen MR) is 88.7 cm³/mol. The second kappa shape index (κ2) is 5.37. The molecule has 0 saturated heterocycles. The van der Waals surface area contributed by atoms with Gasteiger partial charge in [-0.2, -0.15) is 5.10 Å². The van der Waals surface area contributed by atoms with Crippen molar-refractivity contribution in [2.75, 3.05) is 12.8 Å². The van der Waals surface area contributed by atoms with E-state index in [4.69, 9.17) is 10.5 Å². The predicted octanol–water partition coefficient (Wildman–Crippen LogP) is 3.63. The number of nitrogens with zero attached hydrogens (tertiary/aromatic N) is 2. The molecule has 1 aliphatic rings. The van der Waals surface area contributed by atoms with Crippen LogP contribution >= 0.6 is 15.9 Å². The maximum atomic E-state index is 6.18. The molecule has 0 saturated carbocycles. The summed E-state index contributed by atoms with van der Waals surface area (Å²) in [5, 5.41) is 4.27. The zero-order chi connectivity index (χ0) is 15.1. The molecule has 1 aliphatic carbocycles. The molecule has 0 fully saturated rings. The summed E-state index contributed by atoms with van der Waals surface area (Å²) in [6, 6.07) is 0. The van der Waals surface area contributed by atoms with Gasteiger partial charge in [0.2, 0.25) is 0 Å². The van der Waals surface area contributed by atoms with Crippen molar-refractivity contribution < 1.29 is 4.74 Å². The lowest BCUT2D eigenvalue weighted by molar-refractivity contribution is 0.412. The standard InChI is InChI=1S/C16H20BrN3O/c1-9-10-6-4-5-7-11(10)14(17)15(21-3)13(9)12-8-19-20(2)16(12)18/h8H,4-7,18H2,1-3H3. The monoisotopic (exact) mass is 349 g/mol. The second-order valence-electron chi connectivity index (χ2n) is 5.58. The van der Waals surface area contributed by atoms with E-state index in [9.17, 15) is 0 Å². The van der Waals surface area contributed by atoms with E-state index < -0.39 is 0 Å². The van der Waals surface area contributed by atoms with Gasteiger partial charge in [-0.15, -0.1) is 0 Å². The molecule has 2 N–H and O–H groups in total. The summed E-state index contributed by atoms with van der Waals surface area (Å²) in [6.07, 6.45) is 6.53. The highest BCUT2D eigenvalue weighted by atomic mass is 79.9. The van der Waals surface area contributed by atoms with Crippen LogP contribution in [-0.4, -0.2) is 16.9 Å². The molecule has 0 spiro atoms. The number of nitrogens with two attached hydrogens (primary N) is 1. The van der Waals surface area contributed by atoms with E-state index in [1.165, 1.54) is 29.5 Å². The molecule has 0 unspecified atom stereocenters. The minimum atomic E-state index is 0.666. The first-order valence-electron chi connectivity index (χ1n) is 7.21. The Bertz CT molecular complexity index is 706. The normalized spacial score (nSPS) is 14.1. The fraction of sp³-hybridized carbons (Fsp3) is 0.438. The molecule has 112 valence electrons. The summed E-state index contributed by atoms with van der Waals surface area (Å²) in [4.78, 5) is 0. The van der Waals surface area contributed by atoms with Gasteiger partial charge in [0.1, 0.15) is 11.6 Å². The highest BCUT2D eigenvalue weighted by Crippen LogP contribution is 2.46. The number of nitrogen functional groups attached to an aromatic ring is 1. The van der Waals surface area contributed by atoms with E-state index in [1.807, 2.05) is 13.2 Å². The van der Waals surface area contributed by atoms with Gasteiger partial charge in [-0.1, -0.05) is 0 Å². The Kier molecular flexibility index (Phi) is 3.69. The molecular formula is C16H20BrN3O. The molecule has 0 atom stereocenters. The number of methoxy groups -OCH3 is 1. The highest BCUT2D eigenvalue weighted by Gasteiger charge is 2.25. The number of benzene rings is 1. The van der Waals surface area contributed by atoms with Crippen LogP contribution in [0.1, 0.15) is 29.5 Å². The van der Waals surface area contributed by atoms with Gasteiger partial charge in [-0.05, 0) is 65.2 Å². The van der Waals surface area contributed by atoms with Crippen molar-refractivity contribution in [1.29, 1.82) is 0 Å². The summed E-state index contributed by atoms with van der Waals surface area (Å²) in [7, 11) is 3.57. The van der Waals surface area contributed by atoms with Crippen LogP contribution in [-0.2, 0) is 19.9 Å². The Labute approximate surface area is 133 Å². The molecule has 0 radical (unpaired) electrons. The van der Waals surface area contributed by atoms with Crippen molar-refractivity contribution in [2.24, 2.45) is 7.05 Å². The smallest absolute Gasteiger partial charge is 0.141 e. The lowest BCUT2D eigenvalue weighted by Crippen LogP contribution is -2.09. The average molecular weight is 350 g/mol. The molecule has 0 bridgehead atoms. The third kappa shape index (κ3) is 2.14. The van der Waals surface area contributed by atoms with Crippen molar-refractivity contribution in [3.63, 3.8) is 0 Å². The molecule has 1 aromatic heterocycles. The van der Waals surface area contributed by atoms with Gasteiger partial charge in [-0.3, -0.25) is 4.68 Å². The molecule has 1 heterocycles. The van der Waals surface area contributed by atoms with Gasteiger partial charge in [0.15, 0.2) is 0 Å². The summed E-state index contributed by atoms with van der Waals surface area (Å²) < 4.78 is 8.47. The maximum absolute atomic E-state index is 6.18. The molecule has 4 nitrogen and oxygen atoms in total. The molecule has 0 aliphatic heterocycles. The first-order chi connectivity index (χ1) is 10.1. The molecular weight excluding hydrogens is 330 g/mol. The molecule has 1 aromatic carbocycles. The van der Waals surface area contributed by atoms with Crippen LogP contribution in [0.15, 0.2) is 10.7 Å². The van der Waals surface area contributed by atoms with Crippen LogP contribution < -0.4 is 10.5 Å². The lowest BCUT2D eigenvalue weighted by Gasteiger charge is -2.25. The largest absolute Gasteiger partial charge is 0.495 e. The summed E-state index contributed by atoms with van der Waals surface area (Å²) in [5.41, 5.74) is 12.3. The van der Waals surface area contributed by atoms with E-state index in [2.05, 4.69) is 28.0 Å². The number of rotatable bonds is 2. The Morgan fingerprint density at radius 2 is 1.95 bits per heavy atom. The van der Waals surface area contributed by atoms with Gasteiger partial charge in [0.05, 0.1) is 17.8 Å². The lowest BCUT2D eigenvalue weighted by atomic mass is 9.84. The van der Waals surface area contributed by atoms with E-state index >= 15 is 0 Å². The summed E-state index contributed by atoms with van der Waals surface area (Å²) >= 11 is 3.75. The van der Waals surface area contributed by atoms with Crippen molar-refractivity contribution in [1.82, 2.24) is 9.78 Å². The van der Waals surface area contributed by atoms with Crippen molar-refractivity contribution in [3.05, 3.63) is 27.4 Å². The van der Waals surface area contributed by atoms with Crippen LogP contribution in [0.2, 0.25) is 0 Å². The Hall–Kier alpha value is -1.49. The first-order valence-corrected chi connectivity index (χ1v) is 8.01. The zero-order valence-electron chi connectivity index (χ0n) is 12.7. The van der Waals surface area contributed by atoms with E-state index in [-0.39, 0.29) is 0 Å². The number of hydrogen-bond acceptors (Lipinski definition) is 3. The highest BCUT2D eigenvalue weighted by molar-refractivity contribution is 9.10. The number of hydrogen-bond donors (Lipinski definition) is 1. The molecule has 0 amide bonds. The van der Waals surface area contributed by atoms with Crippen LogP contribution in [0.25, 0.3) is 11.1 Å². The summed E-state index contributed by atoms with van der Waals surface area (Å²) in [6.45, 7) is 2.17.